The smallest absolute Gasteiger partial charge is 0.252 e. The summed E-state index contributed by atoms with van der Waals surface area (Å²) in [6.45, 7) is 4.20. The number of carbonyl (C=O) groups excluding carboxylic acids is 1. The Morgan fingerprint density at radius 2 is 1.96 bits per heavy atom. The number of amides is 1. The first-order valence-electron chi connectivity index (χ1n) is 7.45. The number of rotatable bonds is 6. The zero-order valence-corrected chi connectivity index (χ0v) is 13.1. The van der Waals surface area contributed by atoms with Gasteiger partial charge in [-0.05, 0) is 43.7 Å². The van der Waals surface area contributed by atoms with Gasteiger partial charge in [0, 0.05) is 12.7 Å². The van der Waals surface area contributed by atoms with E-state index in [0.29, 0.717) is 23.5 Å². The van der Waals surface area contributed by atoms with Gasteiger partial charge < -0.3 is 15.7 Å². The van der Waals surface area contributed by atoms with Crippen molar-refractivity contribution < 1.29 is 14.3 Å². The Bertz CT molecular complexity index is 644. The first-order valence-corrected chi connectivity index (χ1v) is 7.45. The van der Waals surface area contributed by atoms with Crippen LogP contribution in [0.3, 0.4) is 0 Å². The van der Waals surface area contributed by atoms with Crippen molar-refractivity contribution in [2.24, 2.45) is 0 Å². The van der Waals surface area contributed by atoms with Crippen LogP contribution in [-0.4, -0.2) is 28.6 Å². The molecule has 0 saturated heterocycles. The molecule has 0 fully saturated rings. The second-order valence-corrected chi connectivity index (χ2v) is 5.22. The minimum Gasteiger partial charge on any atom is -0.386 e. The van der Waals surface area contributed by atoms with Crippen LogP contribution in [0.1, 0.15) is 35.9 Å². The molecular formula is C17H20FN3O2. The van der Waals surface area contributed by atoms with Gasteiger partial charge in [-0.25, -0.2) is 9.37 Å². The van der Waals surface area contributed by atoms with Crippen molar-refractivity contribution in [3.63, 3.8) is 0 Å². The van der Waals surface area contributed by atoms with E-state index in [-0.39, 0.29) is 17.8 Å². The number of hydrogen-bond acceptors (Lipinski definition) is 4. The van der Waals surface area contributed by atoms with Crippen molar-refractivity contribution in [1.29, 1.82) is 0 Å². The summed E-state index contributed by atoms with van der Waals surface area (Å²) in [5, 5.41) is 16.0. The molecule has 5 nitrogen and oxygen atoms in total. The largest absolute Gasteiger partial charge is 0.386 e. The molecule has 0 aliphatic heterocycles. The van der Waals surface area contributed by atoms with Crippen molar-refractivity contribution in [3.8, 4) is 0 Å². The van der Waals surface area contributed by atoms with E-state index in [0.717, 1.165) is 0 Å². The lowest BCUT2D eigenvalue weighted by Gasteiger charge is -2.21. The number of anilines is 1. The fraction of sp³-hybridized carbons (Fsp3) is 0.294. The third-order valence-corrected chi connectivity index (χ3v) is 3.42. The average molecular weight is 317 g/mol. The summed E-state index contributed by atoms with van der Waals surface area (Å²) in [5.74, 6) is 0.0295. The number of halogens is 1. The minimum absolute atomic E-state index is 0.175. The normalized spacial score (nSPS) is 13.2. The lowest BCUT2D eigenvalue weighted by atomic mass is 10.0. The molecule has 1 aromatic heterocycles. The molecule has 1 amide bonds. The number of nitrogens with one attached hydrogen (secondary N) is 2. The van der Waals surface area contributed by atoms with Crippen LogP contribution < -0.4 is 10.6 Å². The van der Waals surface area contributed by atoms with Crippen molar-refractivity contribution in [2.45, 2.75) is 26.0 Å². The highest BCUT2D eigenvalue weighted by Crippen LogP contribution is 2.20. The van der Waals surface area contributed by atoms with E-state index in [9.17, 15) is 14.3 Å². The summed E-state index contributed by atoms with van der Waals surface area (Å²) in [6.07, 6.45) is 0.671. The van der Waals surface area contributed by atoms with Crippen molar-refractivity contribution in [3.05, 3.63) is 59.5 Å². The van der Waals surface area contributed by atoms with Crippen LogP contribution in [0.15, 0.2) is 42.6 Å². The fourth-order valence-corrected chi connectivity index (χ4v) is 2.14. The standard InChI is InChI=1S/C17H20FN3O2/c1-3-19-17(23)13-6-9-15(20-10-13)21-11(2)16(22)12-4-7-14(18)8-5-12/h4-11,16,22H,3H2,1-2H3,(H,19,23)(H,20,21)/t11-,16-/m1/s1. The van der Waals surface area contributed by atoms with Gasteiger partial charge in [0.2, 0.25) is 0 Å². The van der Waals surface area contributed by atoms with Crippen LogP contribution in [0.4, 0.5) is 10.2 Å². The monoisotopic (exact) mass is 317 g/mol. The number of aliphatic hydroxyl groups is 1. The van der Waals surface area contributed by atoms with Gasteiger partial charge in [0.05, 0.1) is 17.7 Å². The zero-order valence-electron chi connectivity index (χ0n) is 13.1. The number of pyridine rings is 1. The van der Waals surface area contributed by atoms with E-state index in [2.05, 4.69) is 15.6 Å². The molecule has 2 rings (SSSR count). The van der Waals surface area contributed by atoms with Gasteiger partial charge in [0.1, 0.15) is 11.6 Å². The summed E-state index contributed by atoms with van der Waals surface area (Å²) in [5.41, 5.74) is 1.09. The molecule has 0 spiro atoms. The highest BCUT2D eigenvalue weighted by molar-refractivity contribution is 5.93. The van der Waals surface area contributed by atoms with E-state index in [1.807, 2.05) is 6.92 Å². The Kier molecular flexibility index (Phi) is 5.65. The van der Waals surface area contributed by atoms with E-state index < -0.39 is 6.10 Å². The molecule has 0 bridgehead atoms. The third kappa shape index (κ3) is 4.50. The van der Waals surface area contributed by atoms with Crippen molar-refractivity contribution >= 4 is 11.7 Å². The number of benzene rings is 1. The number of aliphatic hydroxyl groups excluding tert-OH is 1. The maximum absolute atomic E-state index is 12.9. The molecule has 2 aromatic rings. The van der Waals surface area contributed by atoms with Gasteiger partial charge in [0.25, 0.3) is 5.91 Å². The predicted molar refractivity (Wildman–Crippen MR) is 86.7 cm³/mol. The number of carbonyl (C=O) groups is 1. The van der Waals surface area contributed by atoms with Crippen LogP contribution in [0.2, 0.25) is 0 Å². The van der Waals surface area contributed by atoms with E-state index in [4.69, 9.17) is 0 Å². The van der Waals surface area contributed by atoms with Crippen LogP contribution in [0.5, 0.6) is 0 Å². The molecule has 122 valence electrons. The molecular weight excluding hydrogens is 297 g/mol. The first kappa shape index (κ1) is 16.9. The Morgan fingerprint density at radius 3 is 2.52 bits per heavy atom. The average Bonchev–Trinajstić information content (AvgIpc) is 2.55. The van der Waals surface area contributed by atoms with Gasteiger partial charge in [-0.15, -0.1) is 0 Å². The zero-order chi connectivity index (χ0) is 16.8. The van der Waals surface area contributed by atoms with Gasteiger partial charge in [-0.2, -0.15) is 0 Å². The first-order chi connectivity index (χ1) is 11.0. The molecule has 0 unspecified atom stereocenters. The fourth-order valence-electron chi connectivity index (χ4n) is 2.14. The van der Waals surface area contributed by atoms with Crippen molar-refractivity contribution in [2.75, 3.05) is 11.9 Å². The number of hydrogen-bond donors (Lipinski definition) is 3. The summed E-state index contributed by atoms with van der Waals surface area (Å²) in [4.78, 5) is 15.8. The van der Waals surface area contributed by atoms with Gasteiger partial charge >= 0.3 is 0 Å². The second kappa shape index (κ2) is 7.69. The Labute approximate surface area is 134 Å². The van der Waals surface area contributed by atoms with E-state index >= 15 is 0 Å². The number of nitrogens with zero attached hydrogens (tertiary/aromatic N) is 1. The van der Waals surface area contributed by atoms with Gasteiger partial charge in [-0.3, -0.25) is 4.79 Å². The van der Waals surface area contributed by atoms with Gasteiger partial charge in [0.15, 0.2) is 0 Å². The molecule has 2 atom stereocenters. The Hall–Kier alpha value is -2.47. The molecule has 0 aliphatic carbocycles. The molecule has 0 radical (unpaired) electrons. The van der Waals surface area contributed by atoms with Crippen LogP contribution in [0.25, 0.3) is 0 Å². The lowest BCUT2D eigenvalue weighted by Crippen LogP contribution is -2.25. The quantitative estimate of drug-likeness (QED) is 0.765. The highest BCUT2D eigenvalue weighted by Gasteiger charge is 2.17. The number of aromatic nitrogens is 1. The lowest BCUT2D eigenvalue weighted by molar-refractivity contribution is 0.0955. The summed E-state index contributed by atoms with van der Waals surface area (Å²) in [7, 11) is 0. The van der Waals surface area contributed by atoms with Crippen LogP contribution in [-0.2, 0) is 0 Å². The topological polar surface area (TPSA) is 74.2 Å². The summed E-state index contributed by atoms with van der Waals surface area (Å²) < 4.78 is 12.9. The molecule has 0 aliphatic rings. The maximum atomic E-state index is 12.9. The predicted octanol–water partition coefficient (Wildman–Crippen LogP) is 2.50. The van der Waals surface area contributed by atoms with E-state index in [1.54, 1.807) is 31.2 Å². The Morgan fingerprint density at radius 1 is 1.26 bits per heavy atom. The molecule has 6 heteroatoms. The van der Waals surface area contributed by atoms with Crippen LogP contribution >= 0.6 is 0 Å². The second-order valence-electron chi connectivity index (χ2n) is 5.22. The molecule has 23 heavy (non-hydrogen) atoms. The minimum atomic E-state index is -0.805. The summed E-state index contributed by atoms with van der Waals surface area (Å²) >= 11 is 0. The molecule has 3 N–H and O–H groups in total. The van der Waals surface area contributed by atoms with Gasteiger partial charge in [-0.1, -0.05) is 12.1 Å². The van der Waals surface area contributed by atoms with Crippen LogP contribution in [0, 0.1) is 5.82 Å². The van der Waals surface area contributed by atoms with E-state index in [1.165, 1.54) is 18.3 Å². The molecule has 0 saturated carbocycles. The maximum Gasteiger partial charge on any atom is 0.252 e. The SMILES string of the molecule is CCNC(=O)c1ccc(N[C@H](C)[C@@H](O)c2ccc(F)cc2)nc1. The molecule has 1 heterocycles. The third-order valence-electron chi connectivity index (χ3n) is 3.42. The Balaban J connectivity index is 2.00. The molecule has 1 aromatic carbocycles. The van der Waals surface area contributed by atoms with Crippen molar-refractivity contribution in [1.82, 2.24) is 10.3 Å². The highest BCUT2D eigenvalue weighted by atomic mass is 19.1. The summed E-state index contributed by atoms with van der Waals surface area (Å²) in [6, 6.07) is 8.72.